The summed E-state index contributed by atoms with van der Waals surface area (Å²) >= 11 is 0. The minimum atomic E-state index is -0.252. The van der Waals surface area contributed by atoms with Crippen LogP contribution in [-0.2, 0) is 5.41 Å². The van der Waals surface area contributed by atoms with Crippen LogP contribution < -0.4 is 10.1 Å². The standard InChI is InChI=1S/C31H38F2N2O/c1-31(2,3)25-7-15-29(16-8-25)36-22-4-19-35-20-17-24(18-21-35)30(23-5-9-26(32)10-6-23)34-28-13-11-27(33)12-14-28/h5-16,24,30,34H,4,17-22H2,1-3H3. The quantitative estimate of drug-likeness (QED) is 0.311. The Kier molecular flexibility index (Phi) is 8.63. The number of benzene rings is 3. The third-order valence-electron chi connectivity index (χ3n) is 7.11. The van der Waals surface area contributed by atoms with E-state index in [1.165, 1.54) is 29.8 Å². The van der Waals surface area contributed by atoms with E-state index in [2.05, 4.69) is 55.3 Å². The second-order valence-corrected chi connectivity index (χ2v) is 10.8. The number of piperidine rings is 1. The molecule has 1 heterocycles. The summed E-state index contributed by atoms with van der Waals surface area (Å²) in [6.07, 6.45) is 3.08. The van der Waals surface area contributed by atoms with Crippen molar-refractivity contribution in [1.82, 2.24) is 4.90 Å². The molecule has 3 aromatic carbocycles. The summed E-state index contributed by atoms with van der Waals surface area (Å²) in [6.45, 7) is 10.4. The van der Waals surface area contributed by atoms with Gasteiger partial charge in [0.15, 0.2) is 0 Å². The van der Waals surface area contributed by atoms with Crippen LogP contribution in [-0.4, -0.2) is 31.1 Å². The summed E-state index contributed by atoms with van der Waals surface area (Å²) < 4.78 is 32.9. The zero-order chi connectivity index (χ0) is 25.5. The Labute approximate surface area is 214 Å². The van der Waals surface area contributed by atoms with E-state index in [1.807, 2.05) is 12.1 Å². The lowest BCUT2D eigenvalue weighted by Crippen LogP contribution is -2.38. The number of hydrogen-bond acceptors (Lipinski definition) is 3. The minimum absolute atomic E-state index is 0.0533. The average molecular weight is 493 g/mol. The molecule has 1 N–H and O–H groups in total. The Balaban J connectivity index is 1.27. The Morgan fingerprint density at radius 3 is 2.03 bits per heavy atom. The zero-order valence-electron chi connectivity index (χ0n) is 21.6. The van der Waals surface area contributed by atoms with Gasteiger partial charge in [0.05, 0.1) is 12.6 Å². The Morgan fingerprint density at radius 1 is 0.861 bits per heavy atom. The first-order chi connectivity index (χ1) is 17.3. The zero-order valence-corrected chi connectivity index (χ0v) is 21.6. The van der Waals surface area contributed by atoms with Gasteiger partial charge in [0.2, 0.25) is 0 Å². The maximum Gasteiger partial charge on any atom is 0.123 e. The smallest absolute Gasteiger partial charge is 0.123 e. The monoisotopic (exact) mass is 492 g/mol. The van der Waals surface area contributed by atoms with Gasteiger partial charge in [-0.25, -0.2) is 8.78 Å². The first-order valence-corrected chi connectivity index (χ1v) is 13.0. The highest BCUT2D eigenvalue weighted by atomic mass is 19.1. The molecule has 1 aliphatic rings. The molecule has 1 aliphatic heterocycles. The maximum absolute atomic E-state index is 13.6. The number of anilines is 1. The van der Waals surface area contributed by atoms with E-state index in [1.54, 1.807) is 12.1 Å². The van der Waals surface area contributed by atoms with Crippen LogP contribution in [0.5, 0.6) is 5.75 Å². The second-order valence-electron chi connectivity index (χ2n) is 10.8. The first kappa shape index (κ1) is 26.2. The van der Waals surface area contributed by atoms with Crippen molar-refractivity contribution in [1.29, 1.82) is 0 Å². The summed E-state index contributed by atoms with van der Waals surface area (Å²) in [5.41, 5.74) is 3.39. The fourth-order valence-corrected chi connectivity index (χ4v) is 4.91. The number of hydrogen-bond donors (Lipinski definition) is 1. The molecular weight excluding hydrogens is 454 g/mol. The van der Waals surface area contributed by atoms with Gasteiger partial charge in [0, 0.05) is 12.2 Å². The number of halogens is 2. The molecule has 0 aliphatic carbocycles. The molecule has 1 saturated heterocycles. The van der Waals surface area contributed by atoms with Crippen LogP contribution in [0, 0.1) is 17.6 Å². The van der Waals surface area contributed by atoms with Crippen LogP contribution in [0.4, 0.5) is 14.5 Å². The molecule has 0 amide bonds. The Hall–Kier alpha value is -2.92. The molecule has 36 heavy (non-hydrogen) atoms. The summed E-state index contributed by atoms with van der Waals surface area (Å²) in [4.78, 5) is 2.50. The highest BCUT2D eigenvalue weighted by Crippen LogP contribution is 2.34. The molecule has 0 saturated carbocycles. The normalized spacial score (nSPS) is 16.0. The van der Waals surface area contributed by atoms with E-state index in [9.17, 15) is 8.78 Å². The predicted molar refractivity (Wildman–Crippen MR) is 144 cm³/mol. The molecule has 5 heteroatoms. The molecule has 0 spiro atoms. The van der Waals surface area contributed by atoms with Gasteiger partial charge in [-0.2, -0.15) is 0 Å². The van der Waals surface area contributed by atoms with Gasteiger partial charge in [-0.1, -0.05) is 45.0 Å². The summed E-state index contributed by atoms with van der Waals surface area (Å²) in [6, 6.07) is 21.7. The fraction of sp³-hybridized carbons (Fsp3) is 0.419. The van der Waals surface area contributed by atoms with Crippen LogP contribution in [0.1, 0.15) is 57.2 Å². The fourth-order valence-electron chi connectivity index (χ4n) is 4.91. The molecule has 4 rings (SSSR count). The lowest BCUT2D eigenvalue weighted by Gasteiger charge is -2.37. The highest BCUT2D eigenvalue weighted by molar-refractivity contribution is 5.46. The van der Waals surface area contributed by atoms with Crippen LogP contribution in [0.2, 0.25) is 0 Å². The van der Waals surface area contributed by atoms with Gasteiger partial charge < -0.3 is 15.0 Å². The Morgan fingerprint density at radius 2 is 1.44 bits per heavy atom. The molecular formula is C31H38F2N2O. The van der Waals surface area contributed by atoms with Crippen LogP contribution in [0.15, 0.2) is 72.8 Å². The van der Waals surface area contributed by atoms with Crippen molar-refractivity contribution in [2.45, 2.75) is 51.5 Å². The largest absolute Gasteiger partial charge is 0.494 e. The van der Waals surface area contributed by atoms with Crippen molar-refractivity contribution in [3.05, 3.63) is 95.6 Å². The maximum atomic E-state index is 13.6. The summed E-state index contributed by atoms with van der Waals surface area (Å²) in [5, 5.41) is 3.58. The van der Waals surface area contributed by atoms with Crippen molar-refractivity contribution in [2.24, 2.45) is 5.92 Å². The van der Waals surface area contributed by atoms with E-state index in [4.69, 9.17) is 4.74 Å². The first-order valence-electron chi connectivity index (χ1n) is 13.0. The molecule has 0 aromatic heterocycles. The van der Waals surface area contributed by atoms with Crippen molar-refractivity contribution in [3.8, 4) is 5.75 Å². The van der Waals surface area contributed by atoms with E-state index < -0.39 is 0 Å². The lowest BCUT2D eigenvalue weighted by atomic mass is 9.85. The van der Waals surface area contributed by atoms with E-state index in [0.29, 0.717) is 12.5 Å². The van der Waals surface area contributed by atoms with Crippen LogP contribution >= 0.6 is 0 Å². The van der Waals surface area contributed by atoms with E-state index in [-0.39, 0.29) is 23.1 Å². The van der Waals surface area contributed by atoms with Crippen LogP contribution in [0.25, 0.3) is 0 Å². The van der Waals surface area contributed by atoms with Gasteiger partial charge in [-0.3, -0.25) is 0 Å². The number of ether oxygens (including phenoxy) is 1. The third-order valence-corrected chi connectivity index (χ3v) is 7.11. The predicted octanol–water partition coefficient (Wildman–Crippen LogP) is 7.60. The number of nitrogens with zero attached hydrogens (tertiary/aromatic N) is 1. The minimum Gasteiger partial charge on any atom is -0.494 e. The Bertz CT molecular complexity index is 1070. The van der Waals surface area contributed by atoms with Gasteiger partial charge in [0.1, 0.15) is 17.4 Å². The highest BCUT2D eigenvalue weighted by Gasteiger charge is 2.28. The lowest BCUT2D eigenvalue weighted by molar-refractivity contribution is 0.161. The molecule has 3 nitrogen and oxygen atoms in total. The van der Waals surface area contributed by atoms with E-state index >= 15 is 0 Å². The summed E-state index contributed by atoms with van der Waals surface area (Å²) in [7, 11) is 0. The third kappa shape index (κ3) is 7.30. The number of nitrogens with one attached hydrogen (secondary N) is 1. The van der Waals surface area contributed by atoms with Gasteiger partial charge in [0.25, 0.3) is 0 Å². The number of rotatable bonds is 9. The molecule has 3 aromatic rings. The second kappa shape index (κ2) is 11.9. The number of likely N-dealkylation sites (tertiary alicyclic amines) is 1. The average Bonchev–Trinajstić information content (AvgIpc) is 2.87. The molecule has 1 unspecified atom stereocenters. The molecule has 1 atom stereocenters. The molecule has 1 fully saturated rings. The molecule has 0 radical (unpaired) electrons. The molecule has 192 valence electrons. The van der Waals surface area contributed by atoms with Crippen molar-refractivity contribution in [2.75, 3.05) is 31.6 Å². The SMILES string of the molecule is CC(C)(C)c1ccc(OCCCN2CCC(C(Nc3ccc(F)cc3)c3ccc(F)cc3)CC2)cc1. The van der Waals surface area contributed by atoms with Gasteiger partial charge >= 0.3 is 0 Å². The van der Waals surface area contributed by atoms with Crippen molar-refractivity contribution < 1.29 is 13.5 Å². The van der Waals surface area contributed by atoms with Gasteiger partial charge in [-0.15, -0.1) is 0 Å². The summed E-state index contributed by atoms with van der Waals surface area (Å²) in [5.74, 6) is 0.851. The van der Waals surface area contributed by atoms with Gasteiger partial charge in [-0.05, 0) is 103 Å². The van der Waals surface area contributed by atoms with Crippen LogP contribution in [0.3, 0.4) is 0 Å². The topological polar surface area (TPSA) is 24.5 Å². The molecule has 0 bridgehead atoms. The van der Waals surface area contributed by atoms with Crippen molar-refractivity contribution in [3.63, 3.8) is 0 Å². The van der Waals surface area contributed by atoms with E-state index in [0.717, 1.165) is 55.9 Å². The van der Waals surface area contributed by atoms with Crippen molar-refractivity contribution >= 4 is 5.69 Å².